The number of unbranched alkanes of at least 4 members (excludes halogenated alkanes) is 18. The van der Waals surface area contributed by atoms with E-state index >= 15 is 0 Å². The van der Waals surface area contributed by atoms with Gasteiger partial charge in [0.05, 0.1) is 0 Å². The number of carbonyl (C=O) groups excluding carboxylic acids is 2. The van der Waals surface area contributed by atoms with E-state index in [1.165, 1.54) is 96.3 Å². The van der Waals surface area contributed by atoms with Crippen LogP contribution in [0.5, 0.6) is 0 Å². The van der Waals surface area contributed by atoms with E-state index in [0.29, 0.717) is 12.8 Å². The Kier molecular flexibility index (Phi) is 34.1. The van der Waals surface area contributed by atoms with E-state index in [2.05, 4.69) is 67.9 Å². The van der Waals surface area contributed by atoms with Gasteiger partial charge in [0.25, 0.3) is 0 Å². The van der Waals surface area contributed by atoms with Crippen molar-refractivity contribution in [2.45, 2.75) is 200 Å². The molecule has 2 N–H and O–H groups in total. The molecule has 0 saturated heterocycles. The summed E-state index contributed by atoms with van der Waals surface area (Å²) >= 11 is 0. The second-order valence-electron chi connectivity index (χ2n) is 12.9. The van der Waals surface area contributed by atoms with Gasteiger partial charge in [0, 0.05) is 25.4 Å². The summed E-state index contributed by atoms with van der Waals surface area (Å²) in [7, 11) is 0. The van der Waals surface area contributed by atoms with Crippen LogP contribution in [0.25, 0.3) is 0 Å². The maximum absolute atomic E-state index is 12.2. The summed E-state index contributed by atoms with van der Waals surface area (Å²) in [4.78, 5) is 24.3. The fourth-order valence-corrected chi connectivity index (χ4v) is 5.52. The Morgan fingerprint density at radius 2 is 1.00 bits per heavy atom. The van der Waals surface area contributed by atoms with Crippen LogP contribution in [0.2, 0.25) is 0 Å². The van der Waals surface area contributed by atoms with Gasteiger partial charge in [-0.05, 0) is 71.1 Å². The molecule has 0 spiro atoms. The third-order valence-electron chi connectivity index (χ3n) is 8.36. The molecular formula is C40H74N2O2. The molecule has 0 radical (unpaired) electrons. The fraction of sp³-hybridized carbons (Fsp3) is 0.800. The molecule has 0 aromatic heterocycles. The molecule has 0 bridgehead atoms. The van der Waals surface area contributed by atoms with E-state index in [-0.39, 0.29) is 17.9 Å². The van der Waals surface area contributed by atoms with Crippen molar-refractivity contribution in [3.05, 3.63) is 36.5 Å². The van der Waals surface area contributed by atoms with Crippen LogP contribution < -0.4 is 10.6 Å². The monoisotopic (exact) mass is 615 g/mol. The molecule has 0 aliphatic carbocycles. The van der Waals surface area contributed by atoms with Crippen LogP contribution in [-0.2, 0) is 9.59 Å². The van der Waals surface area contributed by atoms with E-state index < -0.39 is 0 Å². The first kappa shape index (κ1) is 42.2. The molecule has 0 heterocycles. The summed E-state index contributed by atoms with van der Waals surface area (Å²) in [6.45, 7) is 7.28. The molecule has 0 aromatic carbocycles. The Labute approximate surface area is 274 Å². The Hall–Kier alpha value is -1.84. The second kappa shape index (κ2) is 35.6. The molecule has 2 amide bonds. The van der Waals surface area contributed by atoms with E-state index in [9.17, 15) is 9.59 Å². The average Bonchev–Trinajstić information content (AvgIpc) is 3.01. The largest absolute Gasteiger partial charge is 0.356 e. The van der Waals surface area contributed by atoms with Crippen molar-refractivity contribution in [2.75, 3.05) is 6.54 Å². The summed E-state index contributed by atoms with van der Waals surface area (Å²) in [5.41, 5.74) is 0. The molecule has 4 nitrogen and oxygen atoms in total. The summed E-state index contributed by atoms with van der Waals surface area (Å²) in [6.07, 6.45) is 45.2. The summed E-state index contributed by atoms with van der Waals surface area (Å²) in [5, 5.41) is 6.23. The Morgan fingerprint density at radius 3 is 1.57 bits per heavy atom. The molecule has 0 aromatic rings. The Bertz CT molecular complexity index is 712. The van der Waals surface area contributed by atoms with Gasteiger partial charge in [0.2, 0.25) is 11.8 Å². The van der Waals surface area contributed by atoms with Crippen LogP contribution in [0, 0.1) is 0 Å². The Morgan fingerprint density at radius 1 is 0.523 bits per heavy atom. The van der Waals surface area contributed by atoms with Gasteiger partial charge in [0.1, 0.15) is 0 Å². The van der Waals surface area contributed by atoms with Crippen molar-refractivity contribution in [3.8, 4) is 0 Å². The normalized spacial score (nSPS) is 12.5. The molecule has 4 heteroatoms. The van der Waals surface area contributed by atoms with Crippen molar-refractivity contribution in [3.63, 3.8) is 0 Å². The number of nitrogens with one attached hydrogen (secondary N) is 2. The van der Waals surface area contributed by atoms with E-state index in [0.717, 1.165) is 70.8 Å². The number of hydrogen-bond acceptors (Lipinski definition) is 2. The van der Waals surface area contributed by atoms with Gasteiger partial charge >= 0.3 is 0 Å². The Balaban J connectivity index is 3.44. The van der Waals surface area contributed by atoms with Gasteiger partial charge in [-0.15, -0.1) is 0 Å². The summed E-state index contributed by atoms with van der Waals surface area (Å²) < 4.78 is 0. The highest BCUT2D eigenvalue weighted by molar-refractivity contribution is 5.76. The standard InChI is InChI=1S/C40H74N2O2/c1-4-6-8-10-12-14-16-18-19-21-22-24-26-28-30-35-39(43)41-37-33-32-34-38(3)42-40(44)36-31-29-27-25-23-20-17-15-13-11-9-7-5-2/h6,8,12,14,18-19,38H,4-5,7,9-11,13,15-17,20-37H2,1-3H3,(H,41,43)(H,42,44)/b8-6-,14-12-,19-18-/t38-/m1/s1. The van der Waals surface area contributed by atoms with Crippen LogP contribution in [0.4, 0.5) is 0 Å². The topological polar surface area (TPSA) is 58.2 Å². The molecule has 256 valence electrons. The molecule has 0 saturated carbocycles. The van der Waals surface area contributed by atoms with Crippen molar-refractivity contribution in [1.29, 1.82) is 0 Å². The molecule has 0 rings (SSSR count). The minimum absolute atomic E-state index is 0.185. The average molecular weight is 615 g/mol. The van der Waals surface area contributed by atoms with Gasteiger partial charge in [-0.1, -0.05) is 147 Å². The minimum Gasteiger partial charge on any atom is -0.356 e. The number of allylic oxidation sites excluding steroid dienone is 6. The van der Waals surface area contributed by atoms with Crippen LogP contribution in [0.15, 0.2) is 36.5 Å². The maximum Gasteiger partial charge on any atom is 0.220 e. The fourth-order valence-electron chi connectivity index (χ4n) is 5.52. The molecule has 0 aliphatic heterocycles. The number of rotatable bonds is 33. The smallest absolute Gasteiger partial charge is 0.220 e. The molecule has 1 atom stereocenters. The van der Waals surface area contributed by atoms with Gasteiger partial charge in [-0.2, -0.15) is 0 Å². The first-order chi connectivity index (χ1) is 21.6. The predicted molar refractivity (Wildman–Crippen MR) is 194 cm³/mol. The zero-order valence-electron chi connectivity index (χ0n) is 29.7. The number of amides is 2. The van der Waals surface area contributed by atoms with E-state index in [4.69, 9.17) is 0 Å². The lowest BCUT2D eigenvalue weighted by atomic mass is 10.0. The maximum atomic E-state index is 12.2. The van der Waals surface area contributed by atoms with E-state index in [1.807, 2.05) is 0 Å². The van der Waals surface area contributed by atoms with Crippen LogP contribution in [0.3, 0.4) is 0 Å². The molecule has 0 aliphatic rings. The predicted octanol–water partition coefficient (Wildman–Crippen LogP) is 11.8. The second-order valence-corrected chi connectivity index (χ2v) is 12.9. The van der Waals surface area contributed by atoms with Gasteiger partial charge < -0.3 is 10.6 Å². The lowest BCUT2D eigenvalue weighted by molar-refractivity contribution is -0.122. The number of hydrogen-bond donors (Lipinski definition) is 2. The van der Waals surface area contributed by atoms with Gasteiger partial charge in [-0.25, -0.2) is 0 Å². The molecule has 0 fully saturated rings. The van der Waals surface area contributed by atoms with Gasteiger partial charge in [-0.3, -0.25) is 9.59 Å². The zero-order valence-corrected chi connectivity index (χ0v) is 29.7. The van der Waals surface area contributed by atoms with Crippen molar-refractivity contribution < 1.29 is 9.59 Å². The van der Waals surface area contributed by atoms with Crippen LogP contribution in [0.1, 0.15) is 194 Å². The van der Waals surface area contributed by atoms with Crippen molar-refractivity contribution >= 4 is 11.8 Å². The highest BCUT2D eigenvalue weighted by Crippen LogP contribution is 2.13. The van der Waals surface area contributed by atoms with Crippen molar-refractivity contribution in [1.82, 2.24) is 10.6 Å². The lowest BCUT2D eigenvalue weighted by Crippen LogP contribution is -2.32. The van der Waals surface area contributed by atoms with Gasteiger partial charge in [0.15, 0.2) is 0 Å². The zero-order chi connectivity index (χ0) is 32.2. The third-order valence-corrected chi connectivity index (χ3v) is 8.36. The quantitative estimate of drug-likeness (QED) is 0.0570. The van der Waals surface area contributed by atoms with Crippen LogP contribution >= 0.6 is 0 Å². The number of carbonyl (C=O) groups is 2. The molecular weight excluding hydrogens is 540 g/mol. The van der Waals surface area contributed by atoms with Crippen LogP contribution in [-0.4, -0.2) is 24.4 Å². The van der Waals surface area contributed by atoms with E-state index in [1.54, 1.807) is 0 Å². The van der Waals surface area contributed by atoms with Crippen molar-refractivity contribution in [2.24, 2.45) is 0 Å². The first-order valence-electron chi connectivity index (χ1n) is 19.1. The highest BCUT2D eigenvalue weighted by atomic mass is 16.2. The SMILES string of the molecule is CC/C=C\C/C=C\C/C=C\CCCCCCCC(=O)NCCCC[C@@H](C)NC(=O)CCCCCCCCCCCCCCC. The third kappa shape index (κ3) is 34.6. The molecule has 44 heavy (non-hydrogen) atoms. The highest BCUT2D eigenvalue weighted by Gasteiger charge is 2.07. The lowest BCUT2D eigenvalue weighted by Gasteiger charge is -2.14. The first-order valence-corrected chi connectivity index (χ1v) is 19.1. The summed E-state index contributed by atoms with van der Waals surface area (Å²) in [5.74, 6) is 0.384. The minimum atomic E-state index is 0.185. The summed E-state index contributed by atoms with van der Waals surface area (Å²) in [6, 6.07) is 0.213. The molecule has 0 unspecified atom stereocenters.